The molecule has 1 atom stereocenters. The number of carboxylic acid groups (broad SMARTS) is 1. The molecule has 0 bridgehead atoms. The molecule has 0 spiro atoms. The lowest BCUT2D eigenvalue weighted by molar-refractivity contribution is -0.157. The molecule has 1 unspecified atom stereocenters. The van der Waals surface area contributed by atoms with Crippen molar-refractivity contribution in [1.29, 1.82) is 0 Å². The fraction of sp³-hybridized carbons (Fsp3) is 0.407. The summed E-state index contributed by atoms with van der Waals surface area (Å²) in [6, 6.07) is 6.42. The van der Waals surface area contributed by atoms with Gasteiger partial charge in [0.15, 0.2) is 6.73 Å². The number of nitrogens with zero attached hydrogens (tertiary/aromatic N) is 3. The van der Waals surface area contributed by atoms with E-state index in [1.54, 1.807) is 49.9 Å². The van der Waals surface area contributed by atoms with Gasteiger partial charge in [-0.3, -0.25) is 4.79 Å². The highest BCUT2D eigenvalue weighted by molar-refractivity contribution is 5.88. The van der Waals surface area contributed by atoms with Gasteiger partial charge in [-0.2, -0.15) is 0 Å². The van der Waals surface area contributed by atoms with Gasteiger partial charge in [-0.05, 0) is 81.5 Å². The predicted molar refractivity (Wildman–Crippen MR) is 133 cm³/mol. The highest BCUT2D eigenvalue weighted by Crippen LogP contribution is 2.45. The third-order valence-corrected chi connectivity index (χ3v) is 6.44. The van der Waals surface area contributed by atoms with Gasteiger partial charge in [0, 0.05) is 23.2 Å². The van der Waals surface area contributed by atoms with Gasteiger partial charge in [-0.25, -0.2) is 4.79 Å². The summed E-state index contributed by atoms with van der Waals surface area (Å²) in [5, 5.41) is 23.3. The second-order valence-corrected chi connectivity index (χ2v) is 10.0. The Morgan fingerprint density at radius 2 is 1.97 bits per heavy atom. The maximum atomic E-state index is 13.1. The van der Waals surface area contributed by atoms with Crippen molar-refractivity contribution in [2.45, 2.75) is 46.1 Å². The lowest BCUT2D eigenvalue weighted by atomic mass is 9.87. The highest BCUT2D eigenvalue weighted by Gasteiger charge is 2.35. The van der Waals surface area contributed by atoms with E-state index < -0.39 is 11.4 Å². The number of esters is 1. The largest absolute Gasteiger partial charge is 0.757 e. The van der Waals surface area contributed by atoms with E-state index in [0.717, 1.165) is 41.2 Å². The molecule has 2 aliphatic carbocycles. The molecule has 1 aromatic rings. The van der Waals surface area contributed by atoms with E-state index in [1.807, 2.05) is 17.2 Å². The molecule has 1 N–H and O–H groups in total. The molecule has 1 aliphatic heterocycles. The molecule has 0 aromatic heterocycles. The fourth-order valence-electron chi connectivity index (χ4n) is 4.68. The number of hydrogen-bond donors (Lipinski definition) is 1. The number of allylic oxidation sites excluding steroid dienone is 1. The third kappa shape index (κ3) is 4.91. The number of terminal acetylenes is 1. The first kappa shape index (κ1) is 24.4. The normalized spacial score (nSPS) is 19.3. The number of hydroxylamine groups is 2. The molecule has 35 heavy (non-hydrogen) atoms. The monoisotopic (exact) mass is 476 g/mol. The van der Waals surface area contributed by atoms with Crippen LogP contribution in [0.2, 0.25) is 0 Å². The van der Waals surface area contributed by atoms with Crippen LogP contribution in [0.5, 0.6) is 0 Å². The molecule has 184 valence electrons. The molecule has 0 amide bonds. The number of ether oxygens (including phenoxy) is 1. The topological polar surface area (TPSA) is 96.4 Å². The predicted octanol–water partition coefficient (Wildman–Crippen LogP) is 4.07. The molecule has 3 aliphatic rings. The Morgan fingerprint density at radius 3 is 2.60 bits per heavy atom. The summed E-state index contributed by atoms with van der Waals surface area (Å²) < 4.78 is 5.43. The Hall–Kier alpha value is -3.70. The molecule has 8 heteroatoms. The van der Waals surface area contributed by atoms with Crippen molar-refractivity contribution >= 4 is 17.6 Å². The van der Waals surface area contributed by atoms with E-state index >= 15 is 0 Å². The van der Waals surface area contributed by atoms with Crippen LogP contribution in [0, 0.1) is 23.0 Å². The third-order valence-electron chi connectivity index (χ3n) is 6.44. The SMILES string of the molecule is C#CCN(c1ccc(C(=O)O)cc1)C1C=C2C(=CN(COC(=O)C(C)(C)C)CN2[O-])C2=C1CCC2. The molecule has 1 aromatic carbocycles. The number of rotatable bonds is 6. The van der Waals surface area contributed by atoms with Gasteiger partial charge in [0.1, 0.15) is 0 Å². The van der Waals surface area contributed by atoms with E-state index in [0.29, 0.717) is 12.2 Å². The smallest absolute Gasteiger partial charge is 0.335 e. The minimum Gasteiger partial charge on any atom is -0.757 e. The van der Waals surface area contributed by atoms with E-state index in [1.165, 1.54) is 5.57 Å². The number of carbonyl (C=O) groups excluding carboxylic acids is 1. The summed E-state index contributed by atoms with van der Waals surface area (Å²) in [6.45, 7) is 5.74. The minimum absolute atomic E-state index is 0.0107. The van der Waals surface area contributed by atoms with Gasteiger partial charge >= 0.3 is 11.9 Å². The van der Waals surface area contributed by atoms with Crippen LogP contribution < -0.4 is 4.90 Å². The van der Waals surface area contributed by atoms with Crippen LogP contribution in [0.15, 0.2) is 59.0 Å². The van der Waals surface area contributed by atoms with Gasteiger partial charge in [-0.15, -0.1) is 6.42 Å². The number of benzene rings is 1. The van der Waals surface area contributed by atoms with Crippen molar-refractivity contribution in [3.63, 3.8) is 0 Å². The molecule has 0 fully saturated rings. The summed E-state index contributed by atoms with van der Waals surface area (Å²) in [6.07, 6.45) is 12.3. The zero-order valence-corrected chi connectivity index (χ0v) is 20.3. The van der Waals surface area contributed by atoms with Crippen LogP contribution in [0.1, 0.15) is 50.4 Å². The molecule has 1 heterocycles. The van der Waals surface area contributed by atoms with Crippen molar-refractivity contribution in [2.75, 3.05) is 24.8 Å². The van der Waals surface area contributed by atoms with E-state index in [-0.39, 0.29) is 31.0 Å². The molecule has 4 rings (SSSR count). The van der Waals surface area contributed by atoms with E-state index in [9.17, 15) is 19.9 Å². The zero-order chi connectivity index (χ0) is 25.3. The summed E-state index contributed by atoms with van der Waals surface area (Å²) in [5.74, 6) is 1.40. The van der Waals surface area contributed by atoms with Crippen molar-refractivity contribution in [1.82, 2.24) is 9.96 Å². The Kier molecular flexibility index (Phi) is 6.64. The lowest BCUT2D eigenvalue weighted by Gasteiger charge is -2.46. The second-order valence-electron chi connectivity index (χ2n) is 10.0. The average molecular weight is 477 g/mol. The molecule has 0 radical (unpaired) electrons. The first-order valence-electron chi connectivity index (χ1n) is 11.7. The van der Waals surface area contributed by atoms with Crippen LogP contribution in [0.25, 0.3) is 0 Å². The van der Waals surface area contributed by atoms with Gasteiger partial charge in [0.2, 0.25) is 0 Å². The maximum Gasteiger partial charge on any atom is 0.335 e. The number of hydrogen-bond acceptors (Lipinski definition) is 7. The lowest BCUT2D eigenvalue weighted by Crippen LogP contribution is -2.43. The van der Waals surface area contributed by atoms with Gasteiger partial charge in [0.25, 0.3) is 0 Å². The summed E-state index contributed by atoms with van der Waals surface area (Å²) in [4.78, 5) is 27.2. The minimum atomic E-state index is -0.989. The molecule has 0 saturated carbocycles. The number of carboxylic acids is 1. The van der Waals surface area contributed by atoms with Crippen LogP contribution in [0.4, 0.5) is 5.69 Å². The standard InChI is InChI=1S/C27H30N3O5/c1-5-13-29(19-11-9-18(10-12-19)25(31)32)23-14-24-22(20-7-6-8-21(20)23)15-28(16-30(24)34)17-35-26(33)27(2,3)4/h1,9-12,14-15,23H,6-8,13,16-17H2,2-4H3,(H,31,32)/q-1. The van der Waals surface area contributed by atoms with Crippen molar-refractivity contribution in [3.8, 4) is 12.3 Å². The Labute approximate surface area is 205 Å². The highest BCUT2D eigenvalue weighted by atomic mass is 16.5. The summed E-state index contributed by atoms with van der Waals surface area (Å²) >= 11 is 0. The summed E-state index contributed by atoms with van der Waals surface area (Å²) in [7, 11) is 0. The first-order valence-corrected chi connectivity index (χ1v) is 11.7. The van der Waals surface area contributed by atoms with Gasteiger partial charge in [-0.1, -0.05) is 5.92 Å². The maximum absolute atomic E-state index is 13.1. The summed E-state index contributed by atoms with van der Waals surface area (Å²) in [5.41, 5.74) is 4.16. The van der Waals surface area contributed by atoms with Crippen LogP contribution in [0.3, 0.4) is 0 Å². The fourth-order valence-corrected chi connectivity index (χ4v) is 4.68. The van der Waals surface area contributed by atoms with Gasteiger partial charge in [0.05, 0.1) is 30.2 Å². The number of anilines is 1. The Morgan fingerprint density at radius 1 is 1.26 bits per heavy atom. The van der Waals surface area contributed by atoms with Crippen LogP contribution in [-0.4, -0.2) is 53.0 Å². The van der Waals surface area contributed by atoms with Crippen molar-refractivity contribution in [3.05, 3.63) is 69.7 Å². The van der Waals surface area contributed by atoms with Crippen molar-refractivity contribution < 1.29 is 19.4 Å². The second kappa shape index (κ2) is 9.51. The number of fused-ring (bicyclic) bond motifs is 2. The molecular weight excluding hydrogens is 446 g/mol. The van der Waals surface area contributed by atoms with Crippen molar-refractivity contribution in [2.24, 2.45) is 5.41 Å². The molecular formula is C27H30N3O5-. The Bertz CT molecular complexity index is 1150. The first-order chi connectivity index (χ1) is 16.6. The van der Waals surface area contributed by atoms with Gasteiger partial charge < -0.3 is 29.9 Å². The Balaban J connectivity index is 1.65. The molecule has 0 saturated heterocycles. The van der Waals surface area contributed by atoms with E-state index in [2.05, 4.69) is 5.92 Å². The van der Waals surface area contributed by atoms with E-state index in [4.69, 9.17) is 11.2 Å². The molecule has 8 nitrogen and oxygen atoms in total. The number of carbonyl (C=O) groups is 2. The quantitative estimate of drug-likeness (QED) is 0.485. The average Bonchev–Trinajstić information content (AvgIpc) is 3.31. The number of aromatic carboxylic acids is 1. The van der Waals surface area contributed by atoms with Crippen LogP contribution in [-0.2, 0) is 9.53 Å². The zero-order valence-electron chi connectivity index (χ0n) is 20.3. The van der Waals surface area contributed by atoms with Crippen LogP contribution >= 0.6 is 0 Å².